The number of anilines is 3. The zero-order valence-electron chi connectivity index (χ0n) is 11.3. The fraction of sp³-hybridized carbons (Fsp3) is 0.636. The summed E-state index contributed by atoms with van der Waals surface area (Å²) in [7, 11) is 2.11. The monoisotopic (exact) mass is 253 g/mol. The van der Waals surface area contributed by atoms with Gasteiger partial charge in [-0.25, -0.2) is 5.84 Å². The summed E-state index contributed by atoms with van der Waals surface area (Å²) >= 11 is 0. The van der Waals surface area contributed by atoms with Gasteiger partial charge in [-0.05, 0) is 20.4 Å². The number of hydrogen-bond acceptors (Lipinski definition) is 7. The number of aromatic nitrogens is 2. The van der Waals surface area contributed by atoms with Gasteiger partial charge in [-0.2, -0.15) is 9.97 Å². The maximum absolute atomic E-state index is 5.57. The molecule has 1 atom stereocenters. The molecule has 1 heterocycles. The molecule has 0 saturated heterocycles. The SMILES string of the molecule is CCC(C)N(C)CCNc1cc(NN)nc(N)n1. The van der Waals surface area contributed by atoms with E-state index >= 15 is 0 Å². The van der Waals surface area contributed by atoms with Crippen molar-refractivity contribution in [2.45, 2.75) is 26.3 Å². The van der Waals surface area contributed by atoms with Crippen LogP contribution in [0.25, 0.3) is 0 Å². The first-order valence-corrected chi connectivity index (χ1v) is 6.12. The molecular formula is C11H23N7. The third kappa shape index (κ3) is 4.34. The minimum Gasteiger partial charge on any atom is -0.369 e. The molecule has 18 heavy (non-hydrogen) atoms. The second-order valence-electron chi connectivity index (χ2n) is 4.31. The molecule has 0 aliphatic carbocycles. The van der Waals surface area contributed by atoms with E-state index in [1.54, 1.807) is 6.07 Å². The predicted molar refractivity (Wildman–Crippen MR) is 75.1 cm³/mol. The van der Waals surface area contributed by atoms with Crippen LogP contribution in [0.5, 0.6) is 0 Å². The molecule has 1 aromatic rings. The Morgan fingerprint density at radius 1 is 1.39 bits per heavy atom. The highest BCUT2D eigenvalue weighted by molar-refractivity contribution is 5.50. The molecule has 0 radical (unpaired) electrons. The molecule has 1 aromatic heterocycles. The van der Waals surface area contributed by atoms with Crippen LogP contribution in [-0.4, -0.2) is 41.0 Å². The quantitative estimate of drug-likeness (QED) is 0.414. The summed E-state index contributed by atoms with van der Waals surface area (Å²) in [5.74, 6) is 6.66. The van der Waals surface area contributed by atoms with E-state index in [0.29, 0.717) is 17.7 Å². The molecule has 0 amide bonds. The second-order valence-corrected chi connectivity index (χ2v) is 4.31. The van der Waals surface area contributed by atoms with E-state index in [-0.39, 0.29) is 5.95 Å². The average molecular weight is 253 g/mol. The molecule has 6 N–H and O–H groups in total. The van der Waals surface area contributed by atoms with Crippen LogP contribution in [0, 0.1) is 0 Å². The first-order valence-electron chi connectivity index (χ1n) is 6.12. The summed E-state index contributed by atoms with van der Waals surface area (Å²) in [6, 6.07) is 2.29. The molecule has 0 aliphatic heterocycles. The van der Waals surface area contributed by atoms with E-state index in [9.17, 15) is 0 Å². The van der Waals surface area contributed by atoms with Gasteiger partial charge in [-0.1, -0.05) is 6.92 Å². The first kappa shape index (κ1) is 14.5. The van der Waals surface area contributed by atoms with Crippen molar-refractivity contribution in [1.82, 2.24) is 14.9 Å². The minimum absolute atomic E-state index is 0.197. The van der Waals surface area contributed by atoms with Crippen LogP contribution in [0.4, 0.5) is 17.6 Å². The van der Waals surface area contributed by atoms with E-state index in [1.165, 1.54) is 0 Å². The van der Waals surface area contributed by atoms with Gasteiger partial charge in [0.15, 0.2) is 0 Å². The van der Waals surface area contributed by atoms with Crippen molar-refractivity contribution >= 4 is 17.6 Å². The summed E-state index contributed by atoms with van der Waals surface area (Å²) in [6.45, 7) is 6.11. The van der Waals surface area contributed by atoms with Gasteiger partial charge in [0.05, 0.1) is 0 Å². The highest BCUT2D eigenvalue weighted by Crippen LogP contribution is 2.11. The fourth-order valence-corrected chi connectivity index (χ4v) is 1.52. The molecule has 1 unspecified atom stereocenters. The summed E-state index contributed by atoms with van der Waals surface area (Å²) in [4.78, 5) is 10.3. The lowest BCUT2D eigenvalue weighted by Crippen LogP contribution is -2.32. The van der Waals surface area contributed by atoms with Crippen molar-refractivity contribution in [1.29, 1.82) is 0 Å². The van der Waals surface area contributed by atoms with Gasteiger partial charge in [-0.15, -0.1) is 0 Å². The number of nitrogens with two attached hydrogens (primary N) is 2. The van der Waals surface area contributed by atoms with Crippen molar-refractivity contribution in [3.63, 3.8) is 0 Å². The standard InChI is InChI=1S/C11H23N7/c1-4-8(2)18(3)6-5-14-9-7-10(17-13)16-11(12)15-9/h7-8H,4-6,13H2,1-3H3,(H4,12,14,15,16,17). The number of nitrogens with zero attached hydrogens (tertiary/aromatic N) is 3. The normalized spacial score (nSPS) is 12.5. The number of nitrogens with one attached hydrogen (secondary N) is 2. The third-order valence-corrected chi connectivity index (χ3v) is 3.01. The Morgan fingerprint density at radius 2 is 2.06 bits per heavy atom. The van der Waals surface area contributed by atoms with E-state index in [0.717, 1.165) is 19.5 Å². The van der Waals surface area contributed by atoms with Crippen molar-refractivity contribution in [2.75, 3.05) is 36.6 Å². The number of hydrazine groups is 1. The van der Waals surface area contributed by atoms with Crippen LogP contribution < -0.4 is 22.3 Å². The topological polar surface area (TPSA) is 105 Å². The number of likely N-dealkylation sites (N-methyl/N-ethyl adjacent to an activating group) is 1. The Labute approximate surface area is 108 Å². The van der Waals surface area contributed by atoms with E-state index in [4.69, 9.17) is 11.6 Å². The molecule has 0 aromatic carbocycles. The van der Waals surface area contributed by atoms with Gasteiger partial charge in [0, 0.05) is 25.2 Å². The van der Waals surface area contributed by atoms with Crippen molar-refractivity contribution in [3.8, 4) is 0 Å². The lowest BCUT2D eigenvalue weighted by Gasteiger charge is -2.23. The second kappa shape index (κ2) is 6.97. The van der Waals surface area contributed by atoms with Gasteiger partial charge in [-0.3, -0.25) is 0 Å². The summed E-state index contributed by atoms with van der Waals surface area (Å²) in [5, 5.41) is 3.20. The highest BCUT2D eigenvalue weighted by Gasteiger charge is 2.06. The van der Waals surface area contributed by atoms with Gasteiger partial charge in [0.25, 0.3) is 0 Å². The molecule has 7 heteroatoms. The van der Waals surface area contributed by atoms with Crippen molar-refractivity contribution in [2.24, 2.45) is 5.84 Å². The molecule has 0 spiro atoms. The van der Waals surface area contributed by atoms with Gasteiger partial charge in [0.1, 0.15) is 11.6 Å². The predicted octanol–water partition coefficient (Wildman–Crippen LogP) is 0.487. The van der Waals surface area contributed by atoms with Gasteiger partial charge < -0.3 is 21.4 Å². The maximum Gasteiger partial charge on any atom is 0.223 e. The summed E-state index contributed by atoms with van der Waals surface area (Å²) in [5.41, 5.74) is 8.02. The summed E-state index contributed by atoms with van der Waals surface area (Å²) < 4.78 is 0. The molecule has 0 saturated carbocycles. The molecule has 7 nitrogen and oxygen atoms in total. The molecule has 102 valence electrons. The maximum atomic E-state index is 5.57. The Balaban J connectivity index is 2.46. The largest absolute Gasteiger partial charge is 0.369 e. The number of hydrogen-bond donors (Lipinski definition) is 4. The van der Waals surface area contributed by atoms with Crippen LogP contribution >= 0.6 is 0 Å². The number of nitrogen functional groups attached to an aromatic ring is 2. The fourth-order valence-electron chi connectivity index (χ4n) is 1.52. The van der Waals surface area contributed by atoms with E-state index < -0.39 is 0 Å². The molecule has 0 bridgehead atoms. The van der Waals surface area contributed by atoms with E-state index in [1.807, 2.05) is 0 Å². The minimum atomic E-state index is 0.197. The molecule has 0 aliphatic rings. The Kier molecular flexibility index (Phi) is 5.60. The van der Waals surface area contributed by atoms with E-state index in [2.05, 4.69) is 46.5 Å². The van der Waals surface area contributed by atoms with Crippen molar-refractivity contribution < 1.29 is 0 Å². The smallest absolute Gasteiger partial charge is 0.223 e. The molecule has 0 fully saturated rings. The van der Waals surface area contributed by atoms with Gasteiger partial charge >= 0.3 is 0 Å². The Morgan fingerprint density at radius 3 is 2.67 bits per heavy atom. The van der Waals surface area contributed by atoms with Crippen LogP contribution in [0.3, 0.4) is 0 Å². The third-order valence-electron chi connectivity index (χ3n) is 3.01. The van der Waals surface area contributed by atoms with Crippen LogP contribution in [0.1, 0.15) is 20.3 Å². The first-order chi connectivity index (χ1) is 8.56. The molecular weight excluding hydrogens is 230 g/mol. The lowest BCUT2D eigenvalue weighted by atomic mass is 10.2. The average Bonchev–Trinajstić information content (AvgIpc) is 2.36. The zero-order valence-corrected chi connectivity index (χ0v) is 11.3. The van der Waals surface area contributed by atoms with Crippen molar-refractivity contribution in [3.05, 3.63) is 6.07 Å². The lowest BCUT2D eigenvalue weighted by molar-refractivity contribution is 0.261. The van der Waals surface area contributed by atoms with Gasteiger partial charge in [0.2, 0.25) is 5.95 Å². The van der Waals surface area contributed by atoms with Crippen LogP contribution in [0.2, 0.25) is 0 Å². The zero-order chi connectivity index (χ0) is 13.5. The Bertz CT molecular complexity index is 368. The highest BCUT2D eigenvalue weighted by atomic mass is 15.3. The molecule has 1 rings (SSSR count). The summed E-state index contributed by atoms with van der Waals surface area (Å²) in [6.07, 6.45) is 1.14. The number of rotatable bonds is 7. The van der Waals surface area contributed by atoms with Crippen LogP contribution in [0.15, 0.2) is 6.07 Å². The van der Waals surface area contributed by atoms with Crippen LogP contribution in [-0.2, 0) is 0 Å². The Hall–Kier alpha value is -1.60.